The van der Waals surface area contributed by atoms with Crippen molar-refractivity contribution in [2.45, 2.75) is 20.8 Å². The van der Waals surface area contributed by atoms with Gasteiger partial charge >= 0.3 is 0 Å². The maximum absolute atomic E-state index is 11.7. The topological polar surface area (TPSA) is 50.7 Å². The van der Waals surface area contributed by atoms with Gasteiger partial charge in [0.1, 0.15) is 5.75 Å². The number of hydrazone groups is 1. The molecule has 2 aromatic rings. The molecule has 0 spiro atoms. The second-order valence-corrected chi connectivity index (χ2v) is 5.21. The van der Waals surface area contributed by atoms with Gasteiger partial charge in [0, 0.05) is 5.56 Å². The fourth-order valence-electron chi connectivity index (χ4n) is 2.26. The van der Waals surface area contributed by atoms with Gasteiger partial charge in [0.05, 0.1) is 6.21 Å². The van der Waals surface area contributed by atoms with Crippen LogP contribution in [-0.2, 0) is 4.79 Å². The van der Waals surface area contributed by atoms with Gasteiger partial charge in [0.15, 0.2) is 6.61 Å². The summed E-state index contributed by atoms with van der Waals surface area (Å²) in [5.74, 6) is 0.370. The van der Waals surface area contributed by atoms with Gasteiger partial charge < -0.3 is 4.74 Å². The first-order valence-electron chi connectivity index (χ1n) is 7.14. The number of nitrogens with zero attached hydrogens (tertiary/aromatic N) is 1. The van der Waals surface area contributed by atoms with Gasteiger partial charge in [-0.15, -0.1) is 0 Å². The van der Waals surface area contributed by atoms with Crippen LogP contribution in [0.1, 0.15) is 22.3 Å². The van der Waals surface area contributed by atoms with Crippen molar-refractivity contribution in [2.75, 3.05) is 6.61 Å². The highest BCUT2D eigenvalue weighted by molar-refractivity contribution is 5.85. The summed E-state index contributed by atoms with van der Waals surface area (Å²) in [7, 11) is 0. The molecule has 2 rings (SSSR count). The number of amides is 1. The molecule has 4 heteroatoms. The molecule has 1 amide bonds. The zero-order valence-electron chi connectivity index (χ0n) is 13.1. The third-order valence-electron chi connectivity index (χ3n) is 3.23. The molecule has 0 atom stereocenters. The highest BCUT2D eigenvalue weighted by atomic mass is 16.5. The van der Waals surface area contributed by atoms with Crippen LogP contribution in [0.5, 0.6) is 5.75 Å². The number of aryl methyl sites for hydroxylation is 3. The van der Waals surface area contributed by atoms with E-state index in [-0.39, 0.29) is 12.5 Å². The fraction of sp³-hybridized carbons (Fsp3) is 0.222. The number of ether oxygens (including phenoxy) is 1. The van der Waals surface area contributed by atoms with Crippen LogP contribution >= 0.6 is 0 Å². The summed E-state index contributed by atoms with van der Waals surface area (Å²) in [5.41, 5.74) is 6.98. The largest absolute Gasteiger partial charge is 0.484 e. The number of rotatable bonds is 5. The Hall–Kier alpha value is -2.62. The van der Waals surface area contributed by atoms with E-state index >= 15 is 0 Å². The van der Waals surface area contributed by atoms with E-state index in [1.165, 1.54) is 5.56 Å². The van der Waals surface area contributed by atoms with Crippen LogP contribution in [0.4, 0.5) is 0 Å². The molecule has 0 aliphatic rings. The molecule has 0 saturated carbocycles. The summed E-state index contributed by atoms with van der Waals surface area (Å²) in [5, 5.41) is 4.00. The Bertz CT molecular complexity index is 656. The first-order chi connectivity index (χ1) is 10.6. The summed E-state index contributed by atoms with van der Waals surface area (Å²) < 4.78 is 5.35. The summed E-state index contributed by atoms with van der Waals surface area (Å²) >= 11 is 0. The van der Waals surface area contributed by atoms with Crippen molar-refractivity contribution in [3.63, 3.8) is 0 Å². The number of para-hydroxylation sites is 1. The van der Waals surface area contributed by atoms with E-state index in [1.54, 1.807) is 18.3 Å². The van der Waals surface area contributed by atoms with E-state index in [2.05, 4.69) is 29.6 Å². The molecule has 0 heterocycles. The van der Waals surface area contributed by atoms with Crippen LogP contribution in [0.3, 0.4) is 0 Å². The highest BCUT2D eigenvalue weighted by Gasteiger charge is 2.03. The number of carbonyl (C=O) groups is 1. The van der Waals surface area contributed by atoms with Gasteiger partial charge in [0.2, 0.25) is 0 Å². The van der Waals surface area contributed by atoms with Crippen molar-refractivity contribution in [3.05, 3.63) is 64.7 Å². The lowest BCUT2D eigenvalue weighted by atomic mass is 10.0. The van der Waals surface area contributed by atoms with Crippen LogP contribution in [-0.4, -0.2) is 18.7 Å². The Morgan fingerprint density at radius 1 is 1.14 bits per heavy atom. The molecule has 22 heavy (non-hydrogen) atoms. The van der Waals surface area contributed by atoms with Crippen molar-refractivity contribution in [1.82, 2.24) is 5.43 Å². The number of hydrogen-bond donors (Lipinski definition) is 1. The molecule has 0 radical (unpaired) electrons. The van der Waals surface area contributed by atoms with Gasteiger partial charge in [-0.2, -0.15) is 5.10 Å². The lowest BCUT2D eigenvalue weighted by Crippen LogP contribution is -2.24. The maximum Gasteiger partial charge on any atom is 0.277 e. The van der Waals surface area contributed by atoms with Crippen molar-refractivity contribution < 1.29 is 9.53 Å². The quantitative estimate of drug-likeness (QED) is 0.680. The minimum atomic E-state index is -0.289. The Morgan fingerprint density at radius 2 is 1.77 bits per heavy atom. The zero-order chi connectivity index (χ0) is 15.9. The number of nitrogens with one attached hydrogen (secondary N) is 1. The molecule has 4 nitrogen and oxygen atoms in total. The van der Waals surface area contributed by atoms with E-state index in [0.717, 1.165) is 16.7 Å². The molecule has 0 unspecified atom stereocenters. The monoisotopic (exact) mass is 296 g/mol. The van der Waals surface area contributed by atoms with Gasteiger partial charge in [-0.25, -0.2) is 5.43 Å². The molecule has 0 fully saturated rings. The predicted molar refractivity (Wildman–Crippen MR) is 88.3 cm³/mol. The number of benzene rings is 2. The minimum Gasteiger partial charge on any atom is -0.484 e. The van der Waals surface area contributed by atoms with Gasteiger partial charge in [0.25, 0.3) is 5.91 Å². The van der Waals surface area contributed by atoms with Crippen LogP contribution in [0.25, 0.3) is 0 Å². The average molecular weight is 296 g/mol. The second-order valence-electron chi connectivity index (χ2n) is 5.21. The molecule has 114 valence electrons. The van der Waals surface area contributed by atoms with Crippen LogP contribution in [0.15, 0.2) is 47.6 Å². The summed E-state index contributed by atoms with van der Waals surface area (Å²) in [6.45, 7) is 6.06. The summed E-state index contributed by atoms with van der Waals surface area (Å²) in [6.07, 6.45) is 1.67. The molecule has 1 N–H and O–H groups in total. The van der Waals surface area contributed by atoms with Crippen LogP contribution in [0, 0.1) is 20.8 Å². The number of carbonyl (C=O) groups excluding carboxylic acids is 1. The van der Waals surface area contributed by atoms with E-state index in [9.17, 15) is 4.79 Å². The zero-order valence-corrected chi connectivity index (χ0v) is 13.1. The molecule has 0 aliphatic heterocycles. The molecule has 2 aromatic carbocycles. The van der Waals surface area contributed by atoms with Gasteiger partial charge in [-0.05, 0) is 44.0 Å². The Labute approximate surface area is 130 Å². The predicted octanol–water partition coefficient (Wildman–Crippen LogP) is 3.14. The maximum atomic E-state index is 11.7. The lowest BCUT2D eigenvalue weighted by molar-refractivity contribution is -0.123. The molecular formula is C18H20N2O2. The van der Waals surface area contributed by atoms with Crippen molar-refractivity contribution in [2.24, 2.45) is 5.10 Å². The number of hydrogen-bond acceptors (Lipinski definition) is 3. The van der Waals surface area contributed by atoms with Crippen molar-refractivity contribution in [1.29, 1.82) is 0 Å². The van der Waals surface area contributed by atoms with E-state index in [0.29, 0.717) is 5.75 Å². The van der Waals surface area contributed by atoms with Crippen LogP contribution < -0.4 is 10.2 Å². The summed E-state index contributed by atoms with van der Waals surface area (Å²) in [6, 6.07) is 13.4. The fourth-order valence-corrected chi connectivity index (χ4v) is 2.26. The second kappa shape index (κ2) is 7.41. The van der Waals surface area contributed by atoms with Crippen molar-refractivity contribution >= 4 is 12.1 Å². The lowest BCUT2D eigenvalue weighted by Gasteiger charge is -2.07. The normalized spacial score (nSPS) is 10.7. The SMILES string of the molecule is Cc1cc(C)c(/C=N\NC(=O)COc2ccccc2)c(C)c1. The molecule has 0 aliphatic carbocycles. The first-order valence-corrected chi connectivity index (χ1v) is 7.14. The Kier molecular flexibility index (Phi) is 5.31. The van der Waals surface area contributed by atoms with Gasteiger partial charge in [-0.1, -0.05) is 35.9 Å². The summed E-state index contributed by atoms with van der Waals surface area (Å²) in [4.78, 5) is 11.7. The first kappa shape index (κ1) is 15.8. The van der Waals surface area contributed by atoms with Crippen LogP contribution in [0.2, 0.25) is 0 Å². The molecule has 0 saturated heterocycles. The third kappa shape index (κ3) is 4.45. The molecule has 0 aromatic heterocycles. The van der Waals surface area contributed by atoms with Gasteiger partial charge in [-0.3, -0.25) is 4.79 Å². The average Bonchev–Trinajstić information content (AvgIpc) is 2.49. The van der Waals surface area contributed by atoms with Crippen molar-refractivity contribution in [3.8, 4) is 5.75 Å². The highest BCUT2D eigenvalue weighted by Crippen LogP contribution is 2.14. The standard InChI is InChI=1S/C18H20N2O2/c1-13-9-14(2)17(15(3)10-13)11-19-20-18(21)12-22-16-7-5-4-6-8-16/h4-11H,12H2,1-3H3,(H,20,21)/b19-11-. The third-order valence-corrected chi connectivity index (χ3v) is 3.23. The molecular weight excluding hydrogens is 276 g/mol. The Balaban J connectivity index is 1.88. The minimum absolute atomic E-state index is 0.0623. The molecule has 0 bridgehead atoms. The Morgan fingerprint density at radius 3 is 2.41 bits per heavy atom. The smallest absolute Gasteiger partial charge is 0.277 e. The van der Waals surface area contributed by atoms with E-state index in [1.807, 2.05) is 32.0 Å². The van der Waals surface area contributed by atoms with E-state index < -0.39 is 0 Å². The van der Waals surface area contributed by atoms with E-state index in [4.69, 9.17) is 4.74 Å².